The molecule has 1 aromatic carbocycles. The van der Waals surface area contributed by atoms with Gasteiger partial charge in [0.25, 0.3) is 5.95 Å². The second-order valence-electron chi connectivity index (χ2n) is 7.25. The lowest BCUT2D eigenvalue weighted by molar-refractivity contribution is -0.129. The van der Waals surface area contributed by atoms with E-state index in [4.69, 9.17) is 5.26 Å². The van der Waals surface area contributed by atoms with Crippen molar-refractivity contribution in [1.82, 2.24) is 24.6 Å². The minimum Gasteiger partial charge on any atom is -0.341 e. The van der Waals surface area contributed by atoms with Gasteiger partial charge in [-0.15, -0.1) is 0 Å². The van der Waals surface area contributed by atoms with Crippen molar-refractivity contribution in [2.75, 3.05) is 7.05 Å². The van der Waals surface area contributed by atoms with E-state index in [0.29, 0.717) is 18.1 Å². The zero-order chi connectivity index (χ0) is 21.1. The third-order valence-electron chi connectivity index (χ3n) is 4.86. The normalized spacial score (nSPS) is 10.6. The van der Waals surface area contributed by atoms with E-state index in [9.17, 15) is 4.79 Å². The fourth-order valence-electron chi connectivity index (χ4n) is 3.26. The SMILES string of the molecule is Cc1cc(C)nc(-n2nc(C)c(CC(=O)N(C)Cc3ccc(C#N)cc3)c2C)n1. The molecule has 148 valence electrons. The zero-order valence-electron chi connectivity index (χ0n) is 17.4. The Morgan fingerprint density at radius 3 is 2.31 bits per heavy atom. The summed E-state index contributed by atoms with van der Waals surface area (Å²) in [5, 5.41) is 13.5. The maximum atomic E-state index is 12.8. The largest absolute Gasteiger partial charge is 0.341 e. The molecule has 29 heavy (non-hydrogen) atoms. The average Bonchev–Trinajstić information content (AvgIpc) is 2.96. The van der Waals surface area contributed by atoms with Gasteiger partial charge in [0.1, 0.15) is 0 Å². The molecule has 0 radical (unpaired) electrons. The van der Waals surface area contributed by atoms with Crippen LogP contribution in [0.5, 0.6) is 0 Å². The molecule has 0 saturated carbocycles. The number of nitriles is 1. The first-order chi connectivity index (χ1) is 13.8. The number of hydrogen-bond acceptors (Lipinski definition) is 5. The van der Waals surface area contributed by atoms with Gasteiger partial charge in [0.2, 0.25) is 5.91 Å². The first-order valence-electron chi connectivity index (χ1n) is 9.39. The summed E-state index contributed by atoms with van der Waals surface area (Å²) >= 11 is 0. The van der Waals surface area contributed by atoms with E-state index in [1.807, 2.05) is 45.9 Å². The molecule has 1 amide bonds. The Bertz CT molecular complexity index is 1070. The number of carbonyl (C=O) groups excluding carboxylic acids is 1. The Morgan fingerprint density at radius 2 is 1.72 bits per heavy atom. The fraction of sp³-hybridized carbons (Fsp3) is 0.318. The van der Waals surface area contributed by atoms with Crippen molar-refractivity contribution in [3.8, 4) is 12.0 Å². The van der Waals surface area contributed by atoms with Crippen LogP contribution in [0.1, 0.15) is 39.5 Å². The number of aryl methyl sites for hydroxylation is 3. The van der Waals surface area contributed by atoms with Crippen LogP contribution in [0.3, 0.4) is 0 Å². The first kappa shape index (κ1) is 20.2. The number of amides is 1. The van der Waals surface area contributed by atoms with Crippen LogP contribution in [0.4, 0.5) is 0 Å². The summed E-state index contributed by atoms with van der Waals surface area (Å²) in [4.78, 5) is 23.4. The molecule has 0 saturated heterocycles. The second-order valence-corrected chi connectivity index (χ2v) is 7.25. The smallest absolute Gasteiger partial charge is 0.251 e. The van der Waals surface area contributed by atoms with Crippen molar-refractivity contribution < 1.29 is 4.79 Å². The van der Waals surface area contributed by atoms with Crippen molar-refractivity contribution in [3.63, 3.8) is 0 Å². The Hall–Kier alpha value is -3.53. The Morgan fingerprint density at radius 1 is 1.10 bits per heavy atom. The topological polar surface area (TPSA) is 87.7 Å². The van der Waals surface area contributed by atoms with E-state index in [2.05, 4.69) is 21.1 Å². The van der Waals surface area contributed by atoms with Crippen molar-refractivity contribution >= 4 is 5.91 Å². The molecular weight excluding hydrogens is 364 g/mol. The molecule has 2 heterocycles. The summed E-state index contributed by atoms with van der Waals surface area (Å²) in [6.45, 7) is 8.16. The van der Waals surface area contributed by atoms with Crippen LogP contribution in [0, 0.1) is 39.0 Å². The van der Waals surface area contributed by atoms with E-state index < -0.39 is 0 Å². The third kappa shape index (κ3) is 4.49. The van der Waals surface area contributed by atoms with Gasteiger partial charge in [0, 0.05) is 36.2 Å². The van der Waals surface area contributed by atoms with Gasteiger partial charge in [-0.3, -0.25) is 4.79 Å². The number of hydrogen-bond donors (Lipinski definition) is 0. The summed E-state index contributed by atoms with van der Waals surface area (Å²) in [7, 11) is 1.78. The summed E-state index contributed by atoms with van der Waals surface area (Å²) in [6, 6.07) is 11.3. The molecule has 0 spiro atoms. The number of aromatic nitrogens is 4. The Labute approximate surface area is 170 Å². The fourth-order valence-corrected chi connectivity index (χ4v) is 3.26. The van der Waals surface area contributed by atoms with Crippen LogP contribution in [0.25, 0.3) is 5.95 Å². The number of rotatable bonds is 5. The maximum absolute atomic E-state index is 12.8. The monoisotopic (exact) mass is 388 g/mol. The molecule has 0 unspecified atom stereocenters. The standard InChI is InChI=1S/C22H24N6O/c1-14-10-15(2)25-22(24-14)28-17(4)20(16(3)26-28)11-21(29)27(5)13-19-8-6-18(12-23)7-9-19/h6-10H,11,13H2,1-5H3. The number of likely N-dealkylation sites (N-methyl/N-ethyl adjacent to an activating group) is 1. The summed E-state index contributed by atoms with van der Waals surface area (Å²) in [5.74, 6) is 0.522. The number of carbonyl (C=O) groups is 1. The average molecular weight is 388 g/mol. The van der Waals surface area contributed by atoms with Gasteiger partial charge in [-0.2, -0.15) is 10.4 Å². The van der Waals surface area contributed by atoms with Crippen LogP contribution in [0.2, 0.25) is 0 Å². The molecule has 7 nitrogen and oxygen atoms in total. The highest BCUT2D eigenvalue weighted by atomic mass is 16.2. The van der Waals surface area contributed by atoms with Gasteiger partial charge in [-0.1, -0.05) is 12.1 Å². The number of nitrogens with zero attached hydrogens (tertiary/aromatic N) is 6. The van der Waals surface area contributed by atoms with Crippen LogP contribution >= 0.6 is 0 Å². The molecule has 0 N–H and O–H groups in total. The lowest BCUT2D eigenvalue weighted by Gasteiger charge is -2.17. The molecule has 3 aromatic rings. The van der Waals surface area contributed by atoms with Crippen LogP contribution in [0.15, 0.2) is 30.3 Å². The molecule has 2 aromatic heterocycles. The predicted molar refractivity (Wildman–Crippen MR) is 109 cm³/mol. The van der Waals surface area contributed by atoms with E-state index >= 15 is 0 Å². The van der Waals surface area contributed by atoms with E-state index in [1.165, 1.54) is 0 Å². The lowest BCUT2D eigenvalue weighted by atomic mass is 10.1. The Kier molecular flexibility index (Phi) is 5.74. The maximum Gasteiger partial charge on any atom is 0.251 e. The predicted octanol–water partition coefficient (Wildman–Crippen LogP) is 2.97. The van der Waals surface area contributed by atoms with Gasteiger partial charge in [0.15, 0.2) is 0 Å². The van der Waals surface area contributed by atoms with Gasteiger partial charge < -0.3 is 4.90 Å². The van der Waals surface area contributed by atoms with Crippen LogP contribution < -0.4 is 0 Å². The molecular formula is C22H24N6O. The first-order valence-corrected chi connectivity index (χ1v) is 9.39. The molecule has 0 fully saturated rings. The minimum absolute atomic E-state index is 0.00134. The van der Waals surface area contributed by atoms with Gasteiger partial charge in [-0.05, 0) is 51.5 Å². The van der Waals surface area contributed by atoms with Crippen LogP contribution in [-0.4, -0.2) is 37.6 Å². The molecule has 0 atom stereocenters. The van der Waals surface area contributed by atoms with Crippen LogP contribution in [-0.2, 0) is 17.8 Å². The van der Waals surface area contributed by atoms with Crippen molar-refractivity contribution in [2.24, 2.45) is 0 Å². The highest BCUT2D eigenvalue weighted by molar-refractivity contribution is 5.79. The highest BCUT2D eigenvalue weighted by Gasteiger charge is 2.19. The van der Waals surface area contributed by atoms with Crippen molar-refractivity contribution in [2.45, 2.75) is 40.7 Å². The third-order valence-corrected chi connectivity index (χ3v) is 4.86. The van der Waals surface area contributed by atoms with E-state index in [0.717, 1.165) is 33.9 Å². The lowest BCUT2D eigenvalue weighted by Crippen LogP contribution is -2.28. The zero-order valence-corrected chi connectivity index (χ0v) is 17.4. The van der Waals surface area contributed by atoms with E-state index in [1.54, 1.807) is 28.8 Å². The van der Waals surface area contributed by atoms with Gasteiger partial charge in [0.05, 0.1) is 23.7 Å². The summed E-state index contributed by atoms with van der Waals surface area (Å²) < 4.78 is 1.71. The molecule has 0 bridgehead atoms. The highest BCUT2D eigenvalue weighted by Crippen LogP contribution is 2.18. The quantitative estimate of drug-likeness (QED) is 0.670. The Balaban J connectivity index is 1.78. The molecule has 0 aliphatic heterocycles. The van der Waals surface area contributed by atoms with E-state index in [-0.39, 0.29) is 12.3 Å². The number of benzene rings is 1. The summed E-state index contributed by atoms with van der Waals surface area (Å²) in [6.07, 6.45) is 0.259. The molecule has 0 aliphatic carbocycles. The molecule has 0 aliphatic rings. The van der Waals surface area contributed by atoms with Crippen molar-refractivity contribution in [1.29, 1.82) is 5.26 Å². The molecule has 7 heteroatoms. The summed E-state index contributed by atoms with van der Waals surface area (Å²) in [5.41, 5.74) is 5.89. The van der Waals surface area contributed by atoms with Crippen molar-refractivity contribution in [3.05, 3.63) is 69.8 Å². The van der Waals surface area contributed by atoms with Gasteiger partial charge >= 0.3 is 0 Å². The minimum atomic E-state index is 0.00134. The second kappa shape index (κ2) is 8.23. The molecule has 3 rings (SSSR count). The van der Waals surface area contributed by atoms with Gasteiger partial charge in [-0.25, -0.2) is 14.6 Å².